The van der Waals surface area contributed by atoms with Gasteiger partial charge in [0.05, 0.1) is 5.39 Å². The number of carbonyl (C=O) groups excluding carboxylic acids is 2. The van der Waals surface area contributed by atoms with Crippen molar-refractivity contribution < 1.29 is 23.1 Å². The van der Waals surface area contributed by atoms with Gasteiger partial charge in [0, 0.05) is 24.2 Å². The zero-order valence-electron chi connectivity index (χ0n) is 14.0. The number of fused-ring (bicyclic) bond motifs is 1. The van der Waals surface area contributed by atoms with Gasteiger partial charge in [-0.05, 0) is 18.2 Å². The fourth-order valence-corrected chi connectivity index (χ4v) is 2.42. The van der Waals surface area contributed by atoms with Crippen molar-refractivity contribution in [1.82, 2.24) is 9.78 Å². The maximum Gasteiger partial charge on any atom is 0.359 e. The molecule has 1 heterocycles. The predicted octanol–water partition coefficient (Wildman–Crippen LogP) is 2.01. The molecule has 1 amide bonds. The van der Waals surface area contributed by atoms with E-state index in [2.05, 4.69) is 10.4 Å². The first-order valence-corrected chi connectivity index (χ1v) is 7.75. The van der Waals surface area contributed by atoms with Crippen LogP contribution < -0.4 is 10.9 Å². The van der Waals surface area contributed by atoms with Gasteiger partial charge in [0.1, 0.15) is 0 Å². The molecule has 138 valence electrons. The van der Waals surface area contributed by atoms with E-state index in [4.69, 9.17) is 4.74 Å². The number of ether oxygens (including phenoxy) is 1. The van der Waals surface area contributed by atoms with Crippen LogP contribution in [0.25, 0.3) is 10.8 Å². The average Bonchev–Trinajstić information content (AvgIpc) is 2.66. The van der Waals surface area contributed by atoms with Gasteiger partial charge in [-0.2, -0.15) is 5.10 Å². The molecule has 0 fully saturated rings. The summed E-state index contributed by atoms with van der Waals surface area (Å²) in [6.07, 6.45) is 0. The Labute approximate surface area is 151 Å². The Morgan fingerprint density at radius 1 is 1.11 bits per heavy atom. The topological polar surface area (TPSA) is 90.3 Å². The lowest BCUT2D eigenvalue weighted by atomic mass is 10.1. The standard InChI is InChI=1S/C18H13F2N3O4/c1-23-17(25)12-5-3-2-4-11(12)16(22-23)18(26)27-9-15(24)21-10-6-7-13(19)14(20)8-10/h2-8H,9H2,1H3,(H,21,24). The van der Waals surface area contributed by atoms with Gasteiger partial charge in [-0.3, -0.25) is 9.59 Å². The number of rotatable bonds is 4. The van der Waals surface area contributed by atoms with Gasteiger partial charge in [-0.1, -0.05) is 18.2 Å². The molecule has 0 saturated carbocycles. The number of amides is 1. The van der Waals surface area contributed by atoms with Crippen molar-refractivity contribution in [3.05, 3.63) is 70.1 Å². The molecule has 0 aliphatic heterocycles. The van der Waals surface area contributed by atoms with Crippen LogP contribution in [0.4, 0.5) is 14.5 Å². The number of halogens is 2. The lowest BCUT2D eigenvalue weighted by molar-refractivity contribution is -0.119. The Balaban J connectivity index is 1.73. The second kappa shape index (κ2) is 7.32. The van der Waals surface area contributed by atoms with Crippen LogP contribution in [-0.2, 0) is 16.6 Å². The van der Waals surface area contributed by atoms with Crippen LogP contribution in [0.3, 0.4) is 0 Å². The minimum absolute atomic E-state index is 0.0145. The number of benzene rings is 2. The second-order valence-corrected chi connectivity index (χ2v) is 5.58. The Hall–Kier alpha value is -3.62. The number of nitrogens with one attached hydrogen (secondary N) is 1. The highest BCUT2D eigenvalue weighted by atomic mass is 19.2. The molecule has 0 radical (unpaired) electrons. The summed E-state index contributed by atoms with van der Waals surface area (Å²) in [6.45, 7) is -0.670. The number of hydrogen-bond donors (Lipinski definition) is 1. The molecule has 7 nitrogen and oxygen atoms in total. The first-order chi connectivity index (χ1) is 12.9. The minimum atomic E-state index is -1.12. The fraction of sp³-hybridized carbons (Fsp3) is 0.111. The summed E-state index contributed by atoms with van der Waals surface area (Å²) in [5.74, 6) is -3.82. The van der Waals surface area contributed by atoms with Crippen molar-refractivity contribution >= 4 is 28.3 Å². The second-order valence-electron chi connectivity index (χ2n) is 5.58. The van der Waals surface area contributed by atoms with Gasteiger partial charge < -0.3 is 10.1 Å². The molecule has 2 aromatic carbocycles. The summed E-state index contributed by atoms with van der Waals surface area (Å²) < 4.78 is 31.9. The van der Waals surface area contributed by atoms with Crippen LogP contribution in [0, 0.1) is 11.6 Å². The third-order valence-corrected chi connectivity index (χ3v) is 3.69. The monoisotopic (exact) mass is 373 g/mol. The van der Waals surface area contributed by atoms with Gasteiger partial charge in [-0.15, -0.1) is 0 Å². The van der Waals surface area contributed by atoms with E-state index in [0.29, 0.717) is 5.39 Å². The van der Waals surface area contributed by atoms with Crippen molar-refractivity contribution in [2.45, 2.75) is 0 Å². The molecule has 0 atom stereocenters. The van der Waals surface area contributed by atoms with Crippen LogP contribution in [0.5, 0.6) is 0 Å². The first kappa shape index (κ1) is 18.2. The van der Waals surface area contributed by atoms with Gasteiger partial charge in [0.15, 0.2) is 23.9 Å². The molecule has 0 aliphatic carbocycles. The molecule has 0 aliphatic rings. The number of aromatic nitrogens is 2. The van der Waals surface area contributed by atoms with Crippen LogP contribution in [-0.4, -0.2) is 28.3 Å². The Bertz CT molecular complexity index is 1110. The minimum Gasteiger partial charge on any atom is -0.451 e. The number of hydrogen-bond acceptors (Lipinski definition) is 5. The largest absolute Gasteiger partial charge is 0.451 e. The van der Waals surface area contributed by atoms with Gasteiger partial charge >= 0.3 is 5.97 Å². The summed E-state index contributed by atoms with van der Waals surface area (Å²) in [7, 11) is 1.39. The summed E-state index contributed by atoms with van der Waals surface area (Å²) in [5.41, 5.74) is -0.479. The van der Waals surface area contributed by atoms with E-state index in [-0.39, 0.29) is 22.3 Å². The zero-order chi connectivity index (χ0) is 19.6. The summed E-state index contributed by atoms with van der Waals surface area (Å²) in [4.78, 5) is 36.2. The molecule has 27 heavy (non-hydrogen) atoms. The Kier molecular flexibility index (Phi) is 4.93. The predicted molar refractivity (Wildman–Crippen MR) is 92.3 cm³/mol. The molecule has 1 aromatic heterocycles. The molecule has 0 unspecified atom stereocenters. The maximum absolute atomic E-state index is 13.1. The van der Waals surface area contributed by atoms with Crippen molar-refractivity contribution in [3.63, 3.8) is 0 Å². The maximum atomic E-state index is 13.1. The number of anilines is 1. The first-order valence-electron chi connectivity index (χ1n) is 7.75. The number of esters is 1. The third-order valence-electron chi connectivity index (χ3n) is 3.69. The number of nitrogens with zero attached hydrogens (tertiary/aromatic N) is 2. The highest BCUT2D eigenvalue weighted by molar-refractivity contribution is 6.03. The van der Waals surface area contributed by atoms with Gasteiger partial charge in [0.2, 0.25) is 0 Å². The van der Waals surface area contributed by atoms with E-state index in [1.54, 1.807) is 24.3 Å². The van der Waals surface area contributed by atoms with Crippen LogP contribution in [0.2, 0.25) is 0 Å². The summed E-state index contributed by atoms with van der Waals surface area (Å²) in [6, 6.07) is 9.20. The molecule has 1 N–H and O–H groups in total. The molecule has 0 saturated heterocycles. The van der Waals surface area contributed by atoms with Gasteiger partial charge in [0.25, 0.3) is 11.5 Å². The highest BCUT2D eigenvalue weighted by Gasteiger charge is 2.18. The van der Waals surface area contributed by atoms with Crippen LogP contribution in [0.15, 0.2) is 47.3 Å². The molecular formula is C18H13F2N3O4. The normalized spacial score (nSPS) is 10.6. The lowest BCUT2D eigenvalue weighted by Crippen LogP contribution is -2.26. The highest BCUT2D eigenvalue weighted by Crippen LogP contribution is 2.15. The van der Waals surface area contributed by atoms with Gasteiger partial charge in [-0.25, -0.2) is 18.3 Å². The van der Waals surface area contributed by atoms with Crippen molar-refractivity contribution in [3.8, 4) is 0 Å². The summed E-state index contributed by atoms with van der Waals surface area (Å²) in [5, 5.41) is 6.75. The third kappa shape index (κ3) is 3.81. The van der Waals surface area contributed by atoms with E-state index in [1.165, 1.54) is 13.1 Å². The van der Waals surface area contributed by atoms with E-state index in [1.807, 2.05) is 0 Å². The molecule has 9 heteroatoms. The quantitative estimate of drug-likeness (QED) is 0.707. The van der Waals surface area contributed by atoms with E-state index < -0.39 is 30.1 Å². The smallest absolute Gasteiger partial charge is 0.359 e. The summed E-state index contributed by atoms with van der Waals surface area (Å²) >= 11 is 0. The fourth-order valence-electron chi connectivity index (χ4n) is 2.42. The van der Waals surface area contributed by atoms with E-state index in [9.17, 15) is 23.2 Å². The average molecular weight is 373 g/mol. The molecule has 3 aromatic rings. The van der Waals surface area contributed by atoms with Crippen molar-refractivity contribution in [2.75, 3.05) is 11.9 Å². The zero-order valence-corrected chi connectivity index (χ0v) is 14.0. The Morgan fingerprint density at radius 2 is 1.81 bits per heavy atom. The molecule has 0 bridgehead atoms. The van der Waals surface area contributed by atoms with Crippen molar-refractivity contribution in [1.29, 1.82) is 0 Å². The lowest BCUT2D eigenvalue weighted by Gasteiger charge is -2.09. The van der Waals surface area contributed by atoms with E-state index in [0.717, 1.165) is 16.8 Å². The SMILES string of the molecule is Cn1nc(C(=O)OCC(=O)Nc2ccc(F)c(F)c2)c2ccccc2c1=O. The number of carbonyl (C=O) groups is 2. The number of aryl methyl sites for hydroxylation is 1. The van der Waals surface area contributed by atoms with Crippen LogP contribution in [0.1, 0.15) is 10.5 Å². The van der Waals surface area contributed by atoms with Crippen LogP contribution >= 0.6 is 0 Å². The molecular weight excluding hydrogens is 360 g/mol. The van der Waals surface area contributed by atoms with E-state index >= 15 is 0 Å². The molecule has 0 spiro atoms. The molecule has 3 rings (SSSR count). The Morgan fingerprint density at radius 3 is 2.52 bits per heavy atom. The van der Waals surface area contributed by atoms with Crippen molar-refractivity contribution in [2.24, 2.45) is 7.05 Å².